The van der Waals surface area contributed by atoms with Crippen LogP contribution in [0.3, 0.4) is 0 Å². The van der Waals surface area contributed by atoms with Crippen LogP contribution in [-0.4, -0.2) is 27.0 Å². The highest BCUT2D eigenvalue weighted by Crippen LogP contribution is 2.60. The molecule has 3 aliphatic carbocycles. The predicted octanol–water partition coefficient (Wildman–Crippen LogP) is 9.56. The van der Waals surface area contributed by atoms with Gasteiger partial charge in [-0.3, -0.25) is 4.79 Å². The lowest BCUT2D eigenvalue weighted by Crippen LogP contribution is -2.44. The van der Waals surface area contributed by atoms with Crippen LogP contribution in [0.2, 0.25) is 18.1 Å². The molecular formula is C33H56O3Si. The van der Waals surface area contributed by atoms with Crippen molar-refractivity contribution >= 4 is 14.3 Å². The topological polar surface area (TPSA) is 35.5 Å². The molecule has 210 valence electrons. The van der Waals surface area contributed by atoms with Crippen LogP contribution >= 0.6 is 0 Å². The molecule has 37 heavy (non-hydrogen) atoms. The highest BCUT2D eigenvalue weighted by molar-refractivity contribution is 6.74. The van der Waals surface area contributed by atoms with Crippen molar-refractivity contribution in [2.24, 2.45) is 23.2 Å². The number of carbonyl (C=O) groups is 1. The molecule has 0 N–H and O–H groups in total. The number of ether oxygens (including phenoxy) is 1. The van der Waals surface area contributed by atoms with E-state index in [4.69, 9.17) is 9.16 Å². The quantitative estimate of drug-likeness (QED) is 0.221. The molecule has 0 radical (unpaired) electrons. The molecule has 3 nitrogen and oxygen atoms in total. The minimum absolute atomic E-state index is 0.0395. The van der Waals surface area contributed by atoms with Crippen LogP contribution in [0.4, 0.5) is 0 Å². The summed E-state index contributed by atoms with van der Waals surface area (Å²) in [5, 5.41) is 0.245. The molecule has 0 saturated heterocycles. The molecule has 0 heterocycles. The summed E-state index contributed by atoms with van der Waals surface area (Å²) < 4.78 is 11.9. The third kappa shape index (κ3) is 7.29. The lowest BCUT2D eigenvalue weighted by atomic mass is 9.60. The Morgan fingerprint density at radius 3 is 2.59 bits per heavy atom. The largest absolute Gasteiger partial charge is 0.466 e. The van der Waals surface area contributed by atoms with E-state index in [2.05, 4.69) is 66.4 Å². The van der Waals surface area contributed by atoms with Gasteiger partial charge in [-0.15, -0.1) is 0 Å². The van der Waals surface area contributed by atoms with Gasteiger partial charge in [-0.1, -0.05) is 64.5 Å². The molecule has 3 fully saturated rings. The maximum atomic E-state index is 11.8. The zero-order valence-electron chi connectivity index (χ0n) is 25.4. The molecule has 3 saturated carbocycles. The van der Waals surface area contributed by atoms with Crippen molar-refractivity contribution in [3.8, 4) is 0 Å². The van der Waals surface area contributed by atoms with Crippen LogP contribution in [0.25, 0.3) is 0 Å². The molecule has 0 bridgehead atoms. The molecule has 3 aliphatic rings. The fourth-order valence-electron chi connectivity index (χ4n) is 7.29. The van der Waals surface area contributed by atoms with E-state index >= 15 is 0 Å². The number of allylic oxidation sites excluding steroid dienone is 4. The Morgan fingerprint density at radius 2 is 1.92 bits per heavy atom. The summed E-state index contributed by atoms with van der Waals surface area (Å²) in [6.07, 6.45) is 17.6. The molecule has 0 amide bonds. The lowest BCUT2D eigenvalue weighted by molar-refractivity contribution is -0.143. The first-order valence-corrected chi connectivity index (χ1v) is 18.1. The lowest BCUT2D eigenvalue weighted by Gasteiger charge is -2.44. The van der Waals surface area contributed by atoms with Gasteiger partial charge in [-0.05, 0) is 118 Å². The van der Waals surface area contributed by atoms with Gasteiger partial charge in [0.1, 0.15) is 0 Å². The summed E-state index contributed by atoms with van der Waals surface area (Å²) in [5.41, 5.74) is 4.79. The minimum atomic E-state index is -1.76. The van der Waals surface area contributed by atoms with Crippen LogP contribution in [0, 0.1) is 23.2 Å². The third-order valence-electron chi connectivity index (χ3n) is 10.5. The summed E-state index contributed by atoms with van der Waals surface area (Å²) in [7, 11) is -1.76. The average Bonchev–Trinajstić information content (AvgIpc) is 3.16. The van der Waals surface area contributed by atoms with E-state index in [1.165, 1.54) is 43.3 Å². The Bertz CT molecular complexity index is 876. The monoisotopic (exact) mass is 528 g/mol. The number of hydrogen-bond acceptors (Lipinski definition) is 3. The van der Waals surface area contributed by atoms with E-state index in [1.807, 2.05) is 6.92 Å². The van der Waals surface area contributed by atoms with E-state index in [-0.39, 0.29) is 11.0 Å². The van der Waals surface area contributed by atoms with Crippen LogP contribution in [-0.2, 0) is 14.0 Å². The van der Waals surface area contributed by atoms with Crippen molar-refractivity contribution in [3.63, 3.8) is 0 Å². The first kappa shape index (κ1) is 30.4. The average molecular weight is 529 g/mol. The Hall–Kier alpha value is -1.13. The normalized spacial score (nSPS) is 32.0. The van der Waals surface area contributed by atoms with E-state index in [0.717, 1.165) is 38.0 Å². The van der Waals surface area contributed by atoms with Gasteiger partial charge < -0.3 is 9.16 Å². The number of esters is 1. The minimum Gasteiger partial charge on any atom is -0.466 e. The second kappa shape index (κ2) is 12.4. The first-order valence-electron chi connectivity index (χ1n) is 15.2. The second-order valence-corrected chi connectivity index (χ2v) is 18.8. The Morgan fingerprint density at radius 1 is 1.19 bits per heavy atom. The van der Waals surface area contributed by atoms with Gasteiger partial charge in [0.05, 0.1) is 6.61 Å². The van der Waals surface area contributed by atoms with Gasteiger partial charge in [0, 0.05) is 12.5 Å². The fourth-order valence-corrected chi connectivity index (χ4v) is 8.68. The summed E-state index contributed by atoms with van der Waals surface area (Å²) in [4.78, 5) is 11.8. The van der Waals surface area contributed by atoms with Crippen LogP contribution in [0.5, 0.6) is 0 Å². The van der Waals surface area contributed by atoms with Crippen molar-refractivity contribution in [1.29, 1.82) is 0 Å². The van der Waals surface area contributed by atoms with Gasteiger partial charge in [0.15, 0.2) is 8.32 Å². The van der Waals surface area contributed by atoms with Gasteiger partial charge in [0.25, 0.3) is 0 Å². The molecular weight excluding hydrogens is 472 g/mol. The Kier molecular flexibility index (Phi) is 10.2. The molecule has 0 spiro atoms. The number of carbonyl (C=O) groups excluding carboxylic acids is 1. The predicted molar refractivity (Wildman–Crippen MR) is 159 cm³/mol. The Balaban J connectivity index is 1.66. The van der Waals surface area contributed by atoms with E-state index in [1.54, 1.807) is 5.57 Å². The van der Waals surface area contributed by atoms with Crippen LogP contribution in [0.1, 0.15) is 112 Å². The molecule has 0 aromatic rings. The van der Waals surface area contributed by atoms with E-state index < -0.39 is 8.32 Å². The zero-order valence-corrected chi connectivity index (χ0v) is 26.4. The fraction of sp³-hybridized carbons (Fsp3) is 0.788. The van der Waals surface area contributed by atoms with Gasteiger partial charge >= 0.3 is 5.97 Å². The van der Waals surface area contributed by atoms with Crippen molar-refractivity contribution < 1.29 is 14.0 Å². The van der Waals surface area contributed by atoms with Crippen LogP contribution < -0.4 is 0 Å². The summed E-state index contributed by atoms with van der Waals surface area (Å²) in [5.74, 6) is 2.07. The van der Waals surface area contributed by atoms with Crippen molar-refractivity contribution in [1.82, 2.24) is 0 Å². The summed E-state index contributed by atoms with van der Waals surface area (Å²) in [6, 6.07) is 0. The smallest absolute Gasteiger partial charge is 0.305 e. The van der Waals surface area contributed by atoms with Gasteiger partial charge in [0.2, 0.25) is 0 Å². The molecule has 0 aliphatic heterocycles. The molecule has 5 unspecified atom stereocenters. The maximum absolute atomic E-state index is 11.8. The number of rotatable bonds is 9. The van der Waals surface area contributed by atoms with E-state index in [9.17, 15) is 4.79 Å². The maximum Gasteiger partial charge on any atom is 0.305 e. The third-order valence-corrected chi connectivity index (χ3v) is 15.0. The van der Waals surface area contributed by atoms with E-state index in [0.29, 0.717) is 36.4 Å². The zero-order chi connectivity index (χ0) is 27.4. The number of fused-ring (bicyclic) bond motifs is 1. The molecule has 4 heteroatoms. The van der Waals surface area contributed by atoms with Crippen LogP contribution in [0.15, 0.2) is 35.5 Å². The van der Waals surface area contributed by atoms with Gasteiger partial charge in [-0.2, -0.15) is 0 Å². The Labute approximate surface area is 229 Å². The summed E-state index contributed by atoms with van der Waals surface area (Å²) in [6.45, 7) is 23.5. The number of hydrogen-bond donors (Lipinski definition) is 0. The first-order chi connectivity index (χ1) is 17.3. The second-order valence-electron chi connectivity index (χ2n) is 14.1. The molecule has 0 aromatic heterocycles. The standard InChI is InChI=1S/C33H56O3Si/c1-10-35-31(34)15-11-13-25(3)29-20-21-30-26(14-12-22-33(29,30)7)17-18-27-23-28(19-16-24(27)2)36-37(8,9)32(4,5)6/h17-18,25,28-30H,2,10-16,19-23H2,1,3-9H3. The van der Waals surface area contributed by atoms with Crippen molar-refractivity contribution in [2.45, 2.75) is 136 Å². The van der Waals surface area contributed by atoms with Gasteiger partial charge in [-0.25, -0.2) is 0 Å². The molecule has 3 rings (SSSR count). The summed E-state index contributed by atoms with van der Waals surface area (Å²) >= 11 is 0. The molecule has 5 atom stereocenters. The highest BCUT2D eigenvalue weighted by atomic mass is 28.4. The van der Waals surface area contributed by atoms with Crippen molar-refractivity contribution in [3.05, 3.63) is 35.5 Å². The molecule has 0 aromatic carbocycles. The highest BCUT2D eigenvalue weighted by Gasteiger charge is 2.50. The van der Waals surface area contributed by atoms with Crippen molar-refractivity contribution in [2.75, 3.05) is 6.61 Å². The SMILES string of the molecule is C=C1CCC(O[Si](C)(C)C(C)(C)C)CC1=CC=C1CCCC2(C)C1CCC2C(C)CCCC(=O)OCC.